The van der Waals surface area contributed by atoms with Gasteiger partial charge in [0.05, 0.1) is 0 Å². The van der Waals surface area contributed by atoms with Crippen LogP contribution in [0.5, 0.6) is 0 Å². The number of rotatable bonds is 3. The first kappa shape index (κ1) is 17.5. The molecule has 1 aromatic carbocycles. The first-order chi connectivity index (χ1) is 11.4. The van der Waals surface area contributed by atoms with E-state index < -0.39 is 17.8 Å². The molecule has 1 atom stereocenters. The fourth-order valence-electron chi connectivity index (χ4n) is 3.07. The molecule has 0 radical (unpaired) electrons. The van der Waals surface area contributed by atoms with Gasteiger partial charge in [-0.1, -0.05) is 0 Å². The normalized spacial score (nSPS) is 15.7. The Balaban J connectivity index is 1.89. The van der Waals surface area contributed by atoms with Crippen molar-refractivity contribution in [2.45, 2.75) is 37.8 Å². The van der Waals surface area contributed by atoms with E-state index in [-0.39, 0.29) is 8.67 Å². The van der Waals surface area contributed by atoms with E-state index in [2.05, 4.69) is 10.3 Å². The predicted octanol–water partition coefficient (Wildman–Crippen LogP) is 3.33. The number of carbonyl (C=O) groups is 1. The molecule has 0 saturated heterocycles. The van der Waals surface area contributed by atoms with Gasteiger partial charge in [-0.3, -0.25) is 0 Å². The number of hydrogen-bond acceptors (Lipinski definition) is 3. The van der Waals surface area contributed by atoms with Gasteiger partial charge in [0.1, 0.15) is 0 Å². The summed E-state index contributed by atoms with van der Waals surface area (Å²) in [5, 5.41) is 2.67. The summed E-state index contributed by atoms with van der Waals surface area (Å²) in [5.74, 6) is -0.385. The number of hydrogen-bond donors (Lipinski definition) is 1. The third-order valence-corrected chi connectivity index (χ3v) is 6.02. The SMILES string of the molecule is O=C(Nc1ccccc1C1CCCC1)c1sc([AsH2])nc1C(F)(F)F. The number of carbonyl (C=O) groups excluding carboxylic acids is 1. The van der Waals surface area contributed by atoms with Gasteiger partial charge in [0.2, 0.25) is 0 Å². The fourth-order valence-corrected chi connectivity index (χ4v) is 4.83. The summed E-state index contributed by atoms with van der Waals surface area (Å²) in [7, 11) is 0. The Morgan fingerprint density at radius 1 is 1.25 bits per heavy atom. The predicted molar refractivity (Wildman–Crippen MR) is 90.9 cm³/mol. The molecule has 1 heterocycles. The van der Waals surface area contributed by atoms with E-state index in [9.17, 15) is 18.0 Å². The average Bonchev–Trinajstić information content (AvgIpc) is 3.16. The quantitative estimate of drug-likeness (QED) is 0.781. The molecule has 3 rings (SSSR count). The number of alkyl halides is 3. The van der Waals surface area contributed by atoms with Crippen LogP contribution in [0.25, 0.3) is 0 Å². The summed E-state index contributed by atoms with van der Waals surface area (Å²) in [5.41, 5.74) is 0.504. The maximum atomic E-state index is 13.1. The van der Waals surface area contributed by atoms with Gasteiger partial charge in [0, 0.05) is 0 Å². The Morgan fingerprint density at radius 2 is 1.92 bits per heavy atom. The average molecular weight is 416 g/mol. The van der Waals surface area contributed by atoms with Gasteiger partial charge in [-0.15, -0.1) is 0 Å². The summed E-state index contributed by atoms with van der Waals surface area (Å²) >= 11 is 1.76. The number of nitrogens with zero attached hydrogens (tertiary/aromatic N) is 1. The van der Waals surface area contributed by atoms with E-state index in [1.54, 1.807) is 12.1 Å². The molecule has 1 amide bonds. The van der Waals surface area contributed by atoms with Crippen molar-refractivity contribution in [1.82, 2.24) is 4.98 Å². The van der Waals surface area contributed by atoms with Crippen molar-refractivity contribution in [2.24, 2.45) is 0 Å². The first-order valence-corrected chi connectivity index (χ1v) is 9.63. The Kier molecular flexibility index (Phi) is 5.02. The van der Waals surface area contributed by atoms with Gasteiger partial charge in [-0.05, 0) is 0 Å². The second-order valence-corrected chi connectivity index (χ2v) is 8.81. The number of amides is 1. The van der Waals surface area contributed by atoms with Crippen LogP contribution in [0.2, 0.25) is 0 Å². The monoisotopic (exact) mass is 416 g/mol. The van der Waals surface area contributed by atoms with E-state index in [0.717, 1.165) is 59.4 Å². The van der Waals surface area contributed by atoms with Crippen molar-refractivity contribution in [3.05, 3.63) is 40.4 Å². The molecule has 24 heavy (non-hydrogen) atoms. The second kappa shape index (κ2) is 6.88. The zero-order valence-electron chi connectivity index (χ0n) is 12.7. The van der Waals surface area contributed by atoms with Crippen LogP contribution >= 0.6 is 11.3 Å². The van der Waals surface area contributed by atoms with E-state index in [1.807, 2.05) is 12.1 Å². The zero-order valence-corrected chi connectivity index (χ0v) is 15.9. The number of aromatic nitrogens is 1. The third kappa shape index (κ3) is 3.67. The van der Waals surface area contributed by atoms with Crippen molar-refractivity contribution in [2.75, 3.05) is 5.32 Å². The Labute approximate surface area is 150 Å². The molecular weight excluding hydrogens is 400 g/mol. The molecular formula is C16H16AsF3N2OS. The van der Waals surface area contributed by atoms with E-state index in [1.165, 1.54) is 0 Å². The van der Waals surface area contributed by atoms with E-state index in [0.29, 0.717) is 11.6 Å². The Morgan fingerprint density at radius 3 is 2.58 bits per heavy atom. The molecule has 1 aliphatic rings. The van der Waals surface area contributed by atoms with Gasteiger partial charge in [-0.2, -0.15) is 0 Å². The number of anilines is 1. The van der Waals surface area contributed by atoms with Crippen molar-refractivity contribution in [3.63, 3.8) is 0 Å². The molecule has 1 aliphatic carbocycles. The van der Waals surface area contributed by atoms with Crippen LogP contribution in [0.1, 0.15) is 52.5 Å². The summed E-state index contributed by atoms with van der Waals surface area (Å²) in [6, 6.07) is 7.36. The van der Waals surface area contributed by atoms with Gasteiger partial charge in [-0.25, -0.2) is 0 Å². The van der Waals surface area contributed by atoms with Crippen LogP contribution in [0.15, 0.2) is 24.3 Å². The molecule has 1 N–H and O–H groups in total. The van der Waals surface area contributed by atoms with Crippen LogP contribution in [-0.2, 0) is 6.18 Å². The Bertz CT molecular complexity index is 754. The molecule has 1 aromatic heterocycles. The van der Waals surface area contributed by atoms with Gasteiger partial charge < -0.3 is 0 Å². The molecule has 1 unspecified atom stereocenters. The first-order valence-electron chi connectivity index (χ1n) is 7.60. The third-order valence-electron chi connectivity index (χ3n) is 4.12. The van der Waals surface area contributed by atoms with Crippen molar-refractivity contribution >= 4 is 43.6 Å². The van der Waals surface area contributed by atoms with Crippen LogP contribution in [0.4, 0.5) is 18.9 Å². The van der Waals surface area contributed by atoms with Gasteiger partial charge >= 0.3 is 150 Å². The summed E-state index contributed by atoms with van der Waals surface area (Å²) in [4.78, 5) is 15.6. The Hall–Kier alpha value is -1.33. The van der Waals surface area contributed by atoms with Gasteiger partial charge in [0.15, 0.2) is 0 Å². The fraction of sp³-hybridized carbons (Fsp3) is 0.375. The number of para-hydroxylation sites is 1. The molecule has 2 aromatic rings. The van der Waals surface area contributed by atoms with E-state index in [4.69, 9.17) is 0 Å². The zero-order chi connectivity index (χ0) is 17.3. The maximum absolute atomic E-state index is 13.1. The molecule has 1 saturated carbocycles. The molecule has 8 heteroatoms. The number of thiazole rings is 1. The molecule has 1 fully saturated rings. The van der Waals surface area contributed by atoms with Crippen molar-refractivity contribution < 1.29 is 18.0 Å². The van der Waals surface area contributed by atoms with Crippen molar-refractivity contribution in [1.29, 1.82) is 0 Å². The molecule has 0 bridgehead atoms. The number of halogens is 3. The minimum atomic E-state index is -4.63. The topological polar surface area (TPSA) is 42.0 Å². The summed E-state index contributed by atoms with van der Waals surface area (Å²) in [6.07, 6.45) is -0.257. The standard InChI is InChI=1S/C16H16AsF3N2OS/c17-15-22-13(16(18,19)20)12(24-15)14(23)21-11-8-4-3-7-10(11)9-5-1-2-6-9/h3-4,7-9H,1-2,5-6,17H2,(H,21,23). The molecule has 0 spiro atoms. The van der Waals surface area contributed by atoms with Crippen LogP contribution in [-0.4, -0.2) is 27.7 Å². The molecule has 128 valence electrons. The minimum absolute atomic E-state index is 0.282. The summed E-state index contributed by atoms with van der Waals surface area (Å²) in [6.45, 7) is 0. The van der Waals surface area contributed by atoms with E-state index >= 15 is 0 Å². The summed E-state index contributed by atoms with van der Waals surface area (Å²) < 4.78 is 39.5. The van der Waals surface area contributed by atoms with Crippen LogP contribution < -0.4 is 9.11 Å². The van der Waals surface area contributed by atoms with Gasteiger partial charge in [0.25, 0.3) is 0 Å². The molecule has 3 nitrogen and oxygen atoms in total. The number of nitrogens with one attached hydrogen (secondary N) is 1. The molecule has 0 aliphatic heterocycles. The number of benzene rings is 1. The van der Waals surface area contributed by atoms with Crippen molar-refractivity contribution in [3.8, 4) is 0 Å². The van der Waals surface area contributed by atoms with Crippen LogP contribution in [0, 0.1) is 0 Å². The van der Waals surface area contributed by atoms with Crippen LogP contribution in [0.3, 0.4) is 0 Å². The second-order valence-electron chi connectivity index (χ2n) is 5.75.